The van der Waals surface area contributed by atoms with E-state index in [4.69, 9.17) is 0 Å². The number of hydrogen-bond acceptors (Lipinski definition) is 3. The van der Waals surface area contributed by atoms with Crippen LogP contribution >= 0.6 is 23.7 Å². The monoisotopic (exact) mass is 358 g/mol. The van der Waals surface area contributed by atoms with Crippen LogP contribution < -0.4 is 5.32 Å². The maximum atomic E-state index is 13.7. The zero-order chi connectivity index (χ0) is 15.3. The van der Waals surface area contributed by atoms with Gasteiger partial charge in [-0.05, 0) is 49.4 Å². The molecule has 3 nitrogen and oxygen atoms in total. The number of nitrogens with zero attached hydrogens (tertiary/aromatic N) is 1. The third kappa shape index (κ3) is 3.07. The standard InChI is InChI=1S/C16H16F2N2OS.ClH/c17-11-5-10-6-14(22-15(10)12(18)7-11)16(21)19-13-8-20-3-1-9(13)2-4-20;/h5-7,9,13H,1-4,8H2,(H,19,21);1H/t13-;/m0./s1. The van der Waals surface area contributed by atoms with Gasteiger partial charge < -0.3 is 10.2 Å². The molecule has 0 spiro atoms. The van der Waals surface area contributed by atoms with Crippen molar-refractivity contribution in [1.82, 2.24) is 10.2 Å². The first kappa shape index (κ1) is 16.6. The minimum Gasteiger partial charge on any atom is -0.347 e. The number of carbonyl (C=O) groups is 1. The summed E-state index contributed by atoms with van der Waals surface area (Å²) in [6, 6.07) is 3.86. The van der Waals surface area contributed by atoms with E-state index in [9.17, 15) is 13.6 Å². The number of thiophene rings is 1. The van der Waals surface area contributed by atoms with Crippen molar-refractivity contribution in [3.05, 3.63) is 34.7 Å². The molecule has 4 heterocycles. The lowest BCUT2D eigenvalue weighted by Gasteiger charge is -2.44. The molecule has 5 rings (SSSR count). The summed E-state index contributed by atoms with van der Waals surface area (Å²) in [4.78, 5) is 15.2. The summed E-state index contributed by atoms with van der Waals surface area (Å²) in [6.07, 6.45) is 2.24. The zero-order valence-electron chi connectivity index (χ0n) is 12.4. The van der Waals surface area contributed by atoms with Crippen LogP contribution in [-0.2, 0) is 0 Å². The molecule has 1 amide bonds. The molecule has 0 radical (unpaired) electrons. The molecule has 0 saturated carbocycles. The predicted molar refractivity (Wildman–Crippen MR) is 89.4 cm³/mol. The summed E-state index contributed by atoms with van der Waals surface area (Å²) in [7, 11) is 0. The van der Waals surface area contributed by atoms with Gasteiger partial charge in [0.1, 0.15) is 11.6 Å². The Labute approximate surface area is 143 Å². The number of nitrogens with one attached hydrogen (secondary N) is 1. The number of piperidine rings is 3. The second-order valence-corrected chi connectivity index (χ2v) is 7.19. The minimum atomic E-state index is -0.618. The highest BCUT2D eigenvalue weighted by Gasteiger charge is 2.35. The summed E-state index contributed by atoms with van der Waals surface area (Å²) in [5.74, 6) is -0.869. The molecule has 2 bridgehead atoms. The van der Waals surface area contributed by atoms with E-state index in [-0.39, 0.29) is 24.4 Å². The molecule has 2 aromatic rings. The Morgan fingerprint density at radius 3 is 2.61 bits per heavy atom. The number of hydrogen-bond donors (Lipinski definition) is 1. The average Bonchev–Trinajstić information content (AvgIpc) is 2.93. The average molecular weight is 359 g/mol. The van der Waals surface area contributed by atoms with Crippen LogP contribution in [0.15, 0.2) is 18.2 Å². The van der Waals surface area contributed by atoms with Gasteiger partial charge in [0.25, 0.3) is 5.91 Å². The fourth-order valence-electron chi connectivity index (χ4n) is 3.56. The molecule has 1 aromatic carbocycles. The number of carbonyl (C=O) groups excluding carboxylic acids is 1. The number of halogens is 3. The first-order valence-electron chi connectivity index (χ1n) is 7.52. The van der Waals surface area contributed by atoms with Gasteiger partial charge in [0, 0.05) is 18.7 Å². The van der Waals surface area contributed by atoms with Crippen LogP contribution in [0, 0.1) is 17.6 Å². The van der Waals surface area contributed by atoms with Crippen molar-refractivity contribution >= 4 is 39.7 Å². The zero-order valence-corrected chi connectivity index (χ0v) is 14.0. The van der Waals surface area contributed by atoms with Gasteiger partial charge in [-0.15, -0.1) is 23.7 Å². The maximum absolute atomic E-state index is 13.7. The van der Waals surface area contributed by atoms with Crippen LogP contribution in [0.25, 0.3) is 10.1 Å². The summed E-state index contributed by atoms with van der Waals surface area (Å²) < 4.78 is 27.3. The first-order valence-corrected chi connectivity index (χ1v) is 8.33. The van der Waals surface area contributed by atoms with Crippen LogP contribution in [0.5, 0.6) is 0 Å². The van der Waals surface area contributed by atoms with Crippen LogP contribution in [0.4, 0.5) is 8.78 Å². The summed E-state index contributed by atoms with van der Waals surface area (Å²) in [5.41, 5.74) is 0. The highest BCUT2D eigenvalue weighted by molar-refractivity contribution is 7.20. The van der Waals surface area contributed by atoms with Gasteiger partial charge in [0.05, 0.1) is 9.58 Å². The highest BCUT2D eigenvalue weighted by atomic mass is 35.5. The molecule has 3 aliphatic rings. The third-order valence-corrected chi connectivity index (χ3v) is 5.89. The minimum absolute atomic E-state index is 0. The van der Waals surface area contributed by atoms with Crippen molar-refractivity contribution in [2.24, 2.45) is 5.92 Å². The molecule has 3 saturated heterocycles. The SMILES string of the molecule is Cl.O=C(N[C@H]1CN2CCC1CC2)c1cc2cc(F)cc(F)c2s1. The Morgan fingerprint density at radius 1 is 1.22 bits per heavy atom. The molecular weight excluding hydrogens is 342 g/mol. The molecular formula is C16H17ClF2N2OS. The van der Waals surface area contributed by atoms with Gasteiger partial charge in [-0.3, -0.25) is 4.79 Å². The van der Waals surface area contributed by atoms with Gasteiger partial charge >= 0.3 is 0 Å². The molecule has 1 aromatic heterocycles. The molecule has 124 valence electrons. The van der Waals surface area contributed by atoms with Gasteiger partial charge in [-0.1, -0.05) is 0 Å². The molecule has 23 heavy (non-hydrogen) atoms. The molecule has 0 aliphatic carbocycles. The number of amides is 1. The number of rotatable bonds is 2. The lowest BCUT2D eigenvalue weighted by Crippen LogP contribution is -2.57. The Hall–Kier alpha value is -1.24. The molecule has 7 heteroatoms. The molecule has 0 unspecified atom stereocenters. The Bertz CT molecular complexity index is 743. The number of fused-ring (bicyclic) bond motifs is 4. The molecule has 1 N–H and O–H groups in total. The van der Waals surface area contributed by atoms with Crippen molar-refractivity contribution in [3.8, 4) is 0 Å². The smallest absolute Gasteiger partial charge is 0.261 e. The van der Waals surface area contributed by atoms with Crippen LogP contribution in [0.3, 0.4) is 0 Å². The van der Waals surface area contributed by atoms with Crippen molar-refractivity contribution in [3.63, 3.8) is 0 Å². The van der Waals surface area contributed by atoms with E-state index in [2.05, 4.69) is 10.2 Å². The van der Waals surface area contributed by atoms with E-state index in [1.807, 2.05) is 0 Å². The largest absolute Gasteiger partial charge is 0.347 e. The fourth-order valence-corrected chi connectivity index (χ4v) is 4.51. The second-order valence-electron chi connectivity index (χ2n) is 6.13. The summed E-state index contributed by atoms with van der Waals surface area (Å²) in [5, 5.41) is 3.52. The third-order valence-electron chi connectivity index (χ3n) is 4.73. The summed E-state index contributed by atoms with van der Waals surface area (Å²) >= 11 is 1.08. The normalized spacial score (nSPS) is 26.1. The first-order chi connectivity index (χ1) is 10.6. The topological polar surface area (TPSA) is 32.3 Å². The lowest BCUT2D eigenvalue weighted by molar-refractivity contribution is 0.0622. The van der Waals surface area contributed by atoms with Gasteiger partial charge in [0.2, 0.25) is 0 Å². The van der Waals surface area contributed by atoms with Crippen molar-refractivity contribution in [2.45, 2.75) is 18.9 Å². The maximum Gasteiger partial charge on any atom is 0.261 e. The fraction of sp³-hybridized carbons (Fsp3) is 0.438. The van der Waals surface area contributed by atoms with Crippen molar-refractivity contribution in [1.29, 1.82) is 0 Å². The van der Waals surface area contributed by atoms with E-state index in [1.165, 1.54) is 6.07 Å². The Morgan fingerprint density at radius 2 is 1.96 bits per heavy atom. The Kier molecular flexibility index (Phi) is 4.58. The van der Waals surface area contributed by atoms with Crippen LogP contribution in [0.1, 0.15) is 22.5 Å². The quantitative estimate of drug-likeness (QED) is 0.892. The summed E-state index contributed by atoms with van der Waals surface area (Å²) in [6.45, 7) is 3.12. The second kappa shape index (κ2) is 6.34. The van der Waals surface area contributed by atoms with E-state index >= 15 is 0 Å². The molecule has 3 fully saturated rings. The van der Waals surface area contributed by atoms with E-state index in [0.29, 0.717) is 20.9 Å². The number of benzene rings is 1. The predicted octanol–water partition coefficient (Wildman–Crippen LogP) is 3.43. The van der Waals surface area contributed by atoms with E-state index in [1.54, 1.807) is 6.07 Å². The van der Waals surface area contributed by atoms with Crippen molar-refractivity contribution < 1.29 is 13.6 Å². The van der Waals surface area contributed by atoms with Crippen molar-refractivity contribution in [2.75, 3.05) is 19.6 Å². The highest BCUT2D eigenvalue weighted by Crippen LogP contribution is 2.31. The lowest BCUT2D eigenvalue weighted by atomic mass is 9.84. The molecule has 3 aliphatic heterocycles. The Balaban J connectivity index is 0.00000156. The van der Waals surface area contributed by atoms with Gasteiger partial charge in [0.15, 0.2) is 0 Å². The van der Waals surface area contributed by atoms with E-state index in [0.717, 1.165) is 49.9 Å². The van der Waals surface area contributed by atoms with Gasteiger partial charge in [-0.2, -0.15) is 0 Å². The van der Waals surface area contributed by atoms with E-state index < -0.39 is 11.6 Å². The van der Waals surface area contributed by atoms with Crippen LogP contribution in [0.2, 0.25) is 0 Å². The molecule has 1 atom stereocenters. The van der Waals surface area contributed by atoms with Gasteiger partial charge in [-0.25, -0.2) is 8.78 Å². The van der Waals surface area contributed by atoms with Crippen LogP contribution in [-0.4, -0.2) is 36.5 Å².